The number of nitrogens with one attached hydrogen (secondary N) is 2. The van der Waals surface area contributed by atoms with Gasteiger partial charge in [-0.15, -0.1) is 0 Å². The summed E-state index contributed by atoms with van der Waals surface area (Å²) < 4.78 is 34.1. The fourth-order valence-corrected chi connectivity index (χ4v) is 4.75. The number of carbonyl (C=O) groups excluding carboxylic acids is 1. The number of benzene rings is 3. The monoisotopic (exact) mass is 486 g/mol. The van der Waals surface area contributed by atoms with Crippen molar-refractivity contribution in [3.63, 3.8) is 0 Å². The molecule has 0 bridgehead atoms. The van der Waals surface area contributed by atoms with Crippen LogP contribution in [0.15, 0.2) is 77.7 Å². The molecule has 2 N–H and O–H groups in total. The predicted molar refractivity (Wildman–Crippen MR) is 130 cm³/mol. The van der Waals surface area contributed by atoms with Gasteiger partial charge in [0, 0.05) is 6.54 Å². The van der Waals surface area contributed by atoms with Crippen LogP contribution in [0.25, 0.3) is 0 Å². The molecular weight excluding hydrogens is 460 g/mol. The lowest BCUT2D eigenvalue weighted by molar-refractivity contribution is -0.122. The van der Waals surface area contributed by atoms with Crippen molar-refractivity contribution in [1.29, 1.82) is 0 Å². The van der Waals surface area contributed by atoms with Gasteiger partial charge in [-0.3, -0.25) is 4.79 Å². The van der Waals surface area contributed by atoms with Crippen LogP contribution in [0, 0.1) is 6.92 Å². The molecule has 0 fully saturated rings. The van der Waals surface area contributed by atoms with E-state index in [2.05, 4.69) is 10.0 Å². The third-order valence-corrected chi connectivity index (χ3v) is 6.76. The lowest BCUT2D eigenvalue weighted by atomic mass is 10.1. The van der Waals surface area contributed by atoms with Gasteiger partial charge in [0.05, 0.1) is 16.5 Å². The Morgan fingerprint density at radius 2 is 1.70 bits per heavy atom. The first-order chi connectivity index (χ1) is 15.8. The summed E-state index contributed by atoms with van der Waals surface area (Å²) in [5.41, 5.74) is 2.88. The lowest BCUT2D eigenvalue weighted by Crippen LogP contribution is -2.47. The van der Waals surface area contributed by atoms with Gasteiger partial charge in [-0.05, 0) is 49.6 Å². The van der Waals surface area contributed by atoms with E-state index < -0.39 is 22.0 Å². The van der Waals surface area contributed by atoms with E-state index >= 15 is 0 Å². The maximum atomic E-state index is 13.1. The zero-order chi connectivity index (χ0) is 23.8. The highest BCUT2D eigenvalue weighted by molar-refractivity contribution is 7.89. The second kappa shape index (κ2) is 11.3. The maximum absolute atomic E-state index is 13.1. The number of sulfonamides is 1. The summed E-state index contributed by atoms with van der Waals surface area (Å²) in [6.45, 7) is 4.50. The number of carbonyl (C=O) groups is 1. The van der Waals surface area contributed by atoms with Crippen molar-refractivity contribution in [3.05, 3.63) is 94.5 Å². The minimum atomic E-state index is -4.02. The maximum Gasteiger partial charge on any atom is 0.241 e. The molecule has 0 radical (unpaired) electrons. The SMILES string of the molecule is CCOc1ccc(S(=O)(=O)N[C@@H](Cc2ccccc2)C(=O)NCc2ccc(C)cc2)cc1Cl. The van der Waals surface area contributed by atoms with Crippen LogP contribution in [0.5, 0.6) is 5.75 Å². The smallest absolute Gasteiger partial charge is 0.241 e. The predicted octanol–water partition coefficient (Wildman–Crippen LogP) is 4.25. The third kappa shape index (κ3) is 7.05. The molecule has 0 aromatic heterocycles. The molecule has 3 aromatic rings. The fourth-order valence-electron chi connectivity index (χ4n) is 3.23. The number of rotatable bonds is 10. The van der Waals surface area contributed by atoms with Crippen molar-refractivity contribution in [3.8, 4) is 5.75 Å². The molecule has 174 valence electrons. The van der Waals surface area contributed by atoms with E-state index in [1.807, 2.05) is 68.4 Å². The summed E-state index contributed by atoms with van der Waals surface area (Å²) in [5.74, 6) is -0.0187. The molecule has 6 nitrogen and oxygen atoms in total. The second-order valence-electron chi connectivity index (χ2n) is 7.59. The minimum absolute atomic E-state index is 0.0413. The zero-order valence-corrected chi connectivity index (χ0v) is 20.1. The molecule has 0 spiro atoms. The van der Waals surface area contributed by atoms with Gasteiger partial charge in [-0.25, -0.2) is 8.42 Å². The minimum Gasteiger partial charge on any atom is -0.492 e. The number of ether oxygens (including phenoxy) is 1. The first-order valence-corrected chi connectivity index (χ1v) is 12.5. The molecule has 0 aliphatic carbocycles. The van der Waals surface area contributed by atoms with Gasteiger partial charge in [0.25, 0.3) is 0 Å². The molecule has 1 amide bonds. The van der Waals surface area contributed by atoms with Crippen LogP contribution in [0.4, 0.5) is 0 Å². The molecule has 0 aliphatic rings. The summed E-state index contributed by atoms with van der Waals surface area (Å²) in [7, 11) is -4.02. The number of amides is 1. The number of aryl methyl sites for hydroxylation is 1. The number of hydrogen-bond acceptors (Lipinski definition) is 4. The highest BCUT2D eigenvalue weighted by Gasteiger charge is 2.26. The van der Waals surface area contributed by atoms with E-state index in [9.17, 15) is 13.2 Å². The Labute approximate surface area is 200 Å². The normalized spacial score (nSPS) is 12.2. The van der Waals surface area contributed by atoms with E-state index in [4.69, 9.17) is 16.3 Å². The first-order valence-electron chi connectivity index (χ1n) is 10.6. The van der Waals surface area contributed by atoms with Crippen molar-refractivity contribution >= 4 is 27.5 Å². The molecule has 0 unspecified atom stereocenters. The molecule has 0 saturated heterocycles. The molecule has 1 atom stereocenters. The summed E-state index contributed by atoms with van der Waals surface area (Å²) in [6, 6.07) is 20.2. The van der Waals surface area contributed by atoms with Gasteiger partial charge in [0.2, 0.25) is 15.9 Å². The van der Waals surface area contributed by atoms with Crippen molar-refractivity contribution in [1.82, 2.24) is 10.0 Å². The lowest BCUT2D eigenvalue weighted by Gasteiger charge is -2.19. The van der Waals surface area contributed by atoms with Crippen LogP contribution in [-0.4, -0.2) is 27.0 Å². The Kier molecular flexibility index (Phi) is 8.49. The van der Waals surface area contributed by atoms with Crippen molar-refractivity contribution in [2.24, 2.45) is 0 Å². The number of halogens is 1. The quantitative estimate of drug-likeness (QED) is 0.448. The van der Waals surface area contributed by atoms with E-state index in [1.54, 1.807) is 0 Å². The Balaban J connectivity index is 1.80. The molecule has 0 aliphatic heterocycles. The van der Waals surface area contributed by atoms with E-state index in [0.717, 1.165) is 16.7 Å². The fraction of sp³-hybridized carbons (Fsp3) is 0.240. The van der Waals surface area contributed by atoms with Crippen molar-refractivity contribution in [2.75, 3.05) is 6.61 Å². The van der Waals surface area contributed by atoms with Gasteiger partial charge >= 0.3 is 0 Å². The highest BCUT2D eigenvalue weighted by atomic mass is 35.5. The van der Waals surface area contributed by atoms with Crippen molar-refractivity contribution < 1.29 is 17.9 Å². The van der Waals surface area contributed by atoms with Gasteiger partial charge in [0.1, 0.15) is 11.8 Å². The van der Waals surface area contributed by atoms with Crippen LogP contribution in [0.2, 0.25) is 5.02 Å². The molecule has 8 heteroatoms. The first kappa shape index (κ1) is 24.8. The Morgan fingerprint density at radius 1 is 1.00 bits per heavy atom. The van der Waals surface area contributed by atoms with Crippen LogP contribution >= 0.6 is 11.6 Å². The highest BCUT2D eigenvalue weighted by Crippen LogP contribution is 2.27. The van der Waals surface area contributed by atoms with E-state index in [1.165, 1.54) is 18.2 Å². The Bertz CT molecular complexity index is 1180. The summed E-state index contributed by atoms with van der Waals surface area (Å²) >= 11 is 6.18. The Hall–Kier alpha value is -2.87. The van der Waals surface area contributed by atoms with Crippen molar-refractivity contribution in [2.45, 2.75) is 37.8 Å². The average molecular weight is 487 g/mol. The summed E-state index contributed by atoms with van der Waals surface area (Å²) in [5, 5.41) is 3.02. The van der Waals surface area contributed by atoms with E-state index in [-0.39, 0.29) is 16.3 Å². The van der Waals surface area contributed by atoms with Crippen LogP contribution in [0.1, 0.15) is 23.6 Å². The third-order valence-electron chi connectivity index (χ3n) is 5.00. The molecule has 0 saturated carbocycles. The molecule has 3 aromatic carbocycles. The molecular formula is C25H27ClN2O4S. The largest absolute Gasteiger partial charge is 0.492 e. The Morgan fingerprint density at radius 3 is 2.33 bits per heavy atom. The molecule has 3 rings (SSSR count). The number of hydrogen-bond donors (Lipinski definition) is 2. The van der Waals surface area contributed by atoms with Gasteiger partial charge in [0.15, 0.2) is 0 Å². The zero-order valence-electron chi connectivity index (χ0n) is 18.5. The van der Waals surface area contributed by atoms with Crippen LogP contribution in [-0.2, 0) is 27.8 Å². The second-order valence-corrected chi connectivity index (χ2v) is 9.71. The average Bonchev–Trinajstić information content (AvgIpc) is 2.80. The standard InChI is InChI=1S/C25H27ClN2O4S/c1-3-32-24-14-13-21(16-22(24)26)33(30,31)28-23(15-19-7-5-4-6-8-19)25(29)27-17-20-11-9-18(2)10-12-20/h4-14,16,23,28H,3,15,17H2,1-2H3,(H,27,29)/t23-/m0/s1. The molecule has 0 heterocycles. The van der Waals surface area contributed by atoms with Gasteiger partial charge in [-0.1, -0.05) is 71.8 Å². The molecule has 33 heavy (non-hydrogen) atoms. The summed E-state index contributed by atoms with van der Waals surface area (Å²) in [4.78, 5) is 13.0. The van der Waals surface area contributed by atoms with Crippen LogP contribution < -0.4 is 14.8 Å². The topological polar surface area (TPSA) is 84.5 Å². The van der Waals surface area contributed by atoms with Gasteiger partial charge in [-0.2, -0.15) is 4.72 Å². The summed E-state index contributed by atoms with van der Waals surface area (Å²) in [6.07, 6.45) is 0.199. The van der Waals surface area contributed by atoms with Gasteiger partial charge < -0.3 is 10.1 Å². The van der Waals surface area contributed by atoms with E-state index in [0.29, 0.717) is 18.9 Å². The van der Waals surface area contributed by atoms with Crippen LogP contribution in [0.3, 0.4) is 0 Å².